The maximum Gasteiger partial charge on any atom is 0.253 e. The van der Waals surface area contributed by atoms with Crippen LogP contribution in [0.25, 0.3) is 0 Å². The first-order chi connectivity index (χ1) is 6.50. The van der Waals surface area contributed by atoms with E-state index in [1.165, 1.54) is 0 Å². The molecule has 2 fully saturated rings. The van der Waals surface area contributed by atoms with Gasteiger partial charge in [-0.15, -0.1) is 0 Å². The Morgan fingerprint density at radius 3 is 2.64 bits per heavy atom. The quantitative estimate of drug-likeness (QED) is 0.749. The molecule has 3 unspecified atom stereocenters. The summed E-state index contributed by atoms with van der Waals surface area (Å²) in [5.41, 5.74) is -1.02. The highest BCUT2D eigenvalue weighted by atomic mass is 19.3. The van der Waals surface area contributed by atoms with Gasteiger partial charge in [0.1, 0.15) is 0 Å². The molecule has 0 radical (unpaired) electrons. The fraction of sp³-hybridized carbons (Fsp3) is 1.00. The van der Waals surface area contributed by atoms with Gasteiger partial charge in [-0.2, -0.15) is 0 Å². The van der Waals surface area contributed by atoms with Crippen LogP contribution in [0.2, 0.25) is 0 Å². The lowest BCUT2D eigenvalue weighted by Gasteiger charge is -2.25. The average molecular weight is 204 g/mol. The van der Waals surface area contributed by atoms with Crippen molar-refractivity contribution in [2.24, 2.45) is 11.8 Å². The van der Waals surface area contributed by atoms with E-state index in [1.54, 1.807) is 0 Å². The van der Waals surface area contributed by atoms with Crippen molar-refractivity contribution < 1.29 is 13.9 Å². The monoisotopic (exact) mass is 204 g/mol. The highest BCUT2D eigenvalue weighted by molar-refractivity contribution is 5.12. The molecule has 0 aliphatic heterocycles. The molecule has 1 N–H and O–H groups in total. The third-order valence-electron chi connectivity index (χ3n) is 3.87. The fourth-order valence-electron chi connectivity index (χ4n) is 3.01. The minimum absolute atomic E-state index is 0.0289. The molecule has 3 atom stereocenters. The predicted octanol–water partition coefficient (Wildman–Crippen LogP) is 2.97. The summed E-state index contributed by atoms with van der Waals surface area (Å²) in [6.45, 7) is 2.03. The smallest absolute Gasteiger partial charge is 0.253 e. The van der Waals surface area contributed by atoms with Crippen LogP contribution in [0.4, 0.5) is 8.78 Å². The number of alkyl halides is 2. The molecule has 1 nitrogen and oxygen atoms in total. The molecular formula is C11H18F2O. The Balaban J connectivity index is 2.02. The summed E-state index contributed by atoms with van der Waals surface area (Å²) >= 11 is 0. The third-order valence-corrected chi connectivity index (χ3v) is 3.87. The first-order valence-electron chi connectivity index (χ1n) is 5.61. The molecule has 0 saturated heterocycles. The SMILES string of the molecule is CCCC1CC1(O)C1CCCC1(F)F. The number of aliphatic hydroxyl groups is 1. The fourth-order valence-corrected chi connectivity index (χ4v) is 3.01. The Morgan fingerprint density at radius 2 is 2.14 bits per heavy atom. The van der Waals surface area contributed by atoms with E-state index in [9.17, 15) is 13.9 Å². The van der Waals surface area contributed by atoms with E-state index in [2.05, 4.69) is 0 Å². The van der Waals surface area contributed by atoms with Crippen LogP contribution in [0.3, 0.4) is 0 Å². The van der Waals surface area contributed by atoms with Crippen molar-refractivity contribution in [1.82, 2.24) is 0 Å². The number of rotatable bonds is 3. The van der Waals surface area contributed by atoms with Gasteiger partial charge in [0.25, 0.3) is 5.92 Å². The molecule has 2 aliphatic carbocycles. The summed E-state index contributed by atoms with van der Waals surface area (Å²) in [6, 6.07) is 0. The molecule has 2 saturated carbocycles. The van der Waals surface area contributed by atoms with Crippen molar-refractivity contribution >= 4 is 0 Å². The maximum atomic E-state index is 13.4. The topological polar surface area (TPSA) is 20.2 Å². The summed E-state index contributed by atoms with van der Waals surface area (Å²) in [5, 5.41) is 10.1. The molecule has 2 rings (SSSR count). The van der Waals surface area contributed by atoms with Crippen molar-refractivity contribution in [2.75, 3.05) is 0 Å². The summed E-state index contributed by atoms with van der Waals surface area (Å²) in [5.74, 6) is -3.23. The van der Waals surface area contributed by atoms with Crippen molar-refractivity contribution in [3.63, 3.8) is 0 Å². The van der Waals surface area contributed by atoms with Gasteiger partial charge in [-0.1, -0.05) is 13.3 Å². The predicted molar refractivity (Wildman–Crippen MR) is 50.3 cm³/mol. The van der Waals surface area contributed by atoms with Gasteiger partial charge in [0, 0.05) is 6.42 Å². The van der Waals surface area contributed by atoms with Crippen molar-refractivity contribution in [3.05, 3.63) is 0 Å². The zero-order valence-corrected chi connectivity index (χ0v) is 8.60. The number of hydrogen-bond acceptors (Lipinski definition) is 1. The van der Waals surface area contributed by atoms with E-state index in [-0.39, 0.29) is 12.3 Å². The first-order valence-corrected chi connectivity index (χ1v) is 5.61. The average Bonchev–Trinajstić information content (AvgIpc) is 2.55. The van der Waals surface area contributed by atoms with Gasteiger partial charge in [0.15, 0.2) is 0 Å². The van der Waals surface area contributed by atoms with Crippen LogP contribution in [-0.2, 0) is 0 Å². The van der Waals surface area contributed by atoms with Crippen LogP contribution in [-0.4, -0.2) is 16.6 Å². The third kappa shape index (κ3) is 1.46. The van der Waals surface area contributed by atoms with Gasteiger partial charge in [0.05, 0.1) is 11.5 Å². The van der Waals surface area contributed by atoms with Gasteiger partial charge in [-0.3, -0.25) is 0 Å². The summed E-state index contributed by atoms with van der Waals surface area (Å²) < 4.78 is 26.8. The molecule has 0 aromatic rings. The molecule has 3 heteroatoms. The Morgan fingerprint density at radius 1 is 1.43 bits per heavy atom. The second-order valence-electron chi connectivity index (χ2n) is 4.89. The lowest BCUT2D eigenvalue weighted by atomic mass is 9.92. The van der Waals surface area contributed by atoms with E-state index in [0.29, 0.717) is 19.3 Å². The minimum Gasteiger partial charge on any atom is -0.389 e. The van der Waals surface area contributed by atoms with E-state index >= 15 is 0 Å². The Bertz CT molecular complexity index is 229. The summed E-state index contributed by atoms with van der Waals surface area (Å²) in [6.07, 6.45) is 3.51. The molecular weight excluding hydrogens is 186 g/mol. The number of hydrogen-bond donors (Lipinski definition) is 1. The van der Waals surface area contributed by atoms with Crippen molar-refractivity contribution in [2.45, 2.75) is 57.0 Å². The van der Waals surface area contributed by atoms with Crippen molar-refractivity contribution in [1.29, 1.82) is 0 Å². The van der Waals surface area contributed by atoms with Crippen LogP contribution in [0, 0.1) is 11.8 Å². The molecule has 0 amide bonds. The van der Waals surface area contributed by atoms with E-state index in [4.69, 9.17) is 0 Å². The van der Waals surface area contributed by atoms with Crippen LogP contribution in [0.1, 0.15) is 45.4 Å². The highest BCUT2D eigenvalue weighted by Crippen LogP contribution is 2.60. The number of halogens is 2. The largest absolute Gasteiger partial charge is 0.389 e. The second-order valence-corrected chi connectivity index (χ2v) is 4.89. The van der Waals surface area contributed by atoms with E-state index in [0.717, 1.165) is 12.8 Å². The molecule has 0 heterocycles. The Labute approximate surface area is 83.5 Å². The van der Waals surface area contributed by atoms with Gasteiger partial charge in [0.2, 0.25) is 0 Å². The summed E-state index contributed by atoms with van der Waals surface area (Å²) in [4.78, 5) is 0. The van der Waals surface area contributed by atoms with E-state index < -0.39 is 17.4 Å². The molecule has 2 aliphatic rings. The first kappa shape index (κ1) is 10.3. The van der Waals surface area contributed by atoms with Crippen LogP contribution in [0.5, 0.6) is 0 Å². The van der Waals surface area contributed by atoms with Gasteiger partial charge in [-0.25, -0.2) is 8.78 Å². The maximum absolute atomic E-state index is 13.4. The molecule has 82 valence electrons. The lowest BCUT2D eigenvalue weighted by molar-refractivity contribution is -0.0980. The standard InChI is InChI=1S/C11H18F2O/c1-2-4-8-7-10(8,14)9-5-3-6-11(9,12)13/h8-9,14H,2-7H2,1H3. The Kier molecular flexibility index (Phi) is 2.33. The molecule has 0 aromatic carbocycles. The zero-order chi connectivity index (χ0) is 10.4. The minimum atomic E-state index is -2.61. The lowest BCUT2D eigenvalue weighted by Crippen LogP contribution is -2.35. The summed E-state index contributed by atoms with van der Waals surface area (Å²) in [7, 11) is 0. The Hall–Kier alpha value is -0.180. The highest BCUT2D eigenvalue weighted by Gasteiger charge is 2.65. The molecule has 14 heavy (non-hydrogen) atoms. The molecule has 0 bridgehead atoms. The zero-order valence-electron chi connectivity index (χ0n) is 8.60. The second kappa shape index (κ2) is 3.16. The molecule has 0 aromatic heterocycles. The van der Waals surface area contributed by atoms with Crippen LogP contribution >= 0.6 is 0 Å². The van der Waals surface area contributed by atoms with Crippen LogP contribution < -0.4 is 0 Å². The normalized spacial score (nSPS) is 45.4. The van der Waals surface area contributed by atoms with Gasteiger partial charge in [-0.05, 0) is 31.6 Å². The van der Waals surface area contributed by atoms with E-state index in [1.807, 2.05) is 6.92 Å². The van der Waals surface area contributed by atoms with Crippen LogP contribution in [0.15, 0.2) is 0 Å². The molecule has 0 spiro atoms. The van der Waals surface area contributed by atoms with Gasteiger partial charge < -0.3 is 5.11 Å². The van der Waals surface area contributed by atoms with Crippen molar-refractivity contribution in [3.8, 4) is 0 Å². The van der Waals surface area contributed by atoms with Gasteiger partial charge >= 0.3 is 0 Å².